The second kappa shape index (κ2) is 8.37. The molecule has 5 heteroatoms. The largest absolute Gasteiger partial charge is 0.497 e. The highest BCUT2D eigenvalue weighted by atomic mass is 16.5. The van der Waals surface area contributed by atoms with Crippen LogP contribution in [0.3, 0.4) is 0 Å². The number of benzene rings is 2. The summed E-state index contributed by atoms with van der Waals surface area (Å²) in [5.41, 5.74) is 3.88. The molecule has 0 aliphatic carbocycles. The van der Waals surface area contributed by atoms with Gasteiger partial charge in [-0.15, -0.1) is 0 Å². The van der Waals surface area contributed by atoms with Gasteiger partial charge >= 0.3 is 0 Å². The van der Waals surface area contributed by atoms with Gasteiger partial charge in [0, 0.05) is 35.0 Å². The molecular weight excluding hydrogens is 364 g/mol. The highest BCUT2D eigenvalue weighted by molar-refractivity contribution is 5.94. The lowest BCUT2D eigenvalue weighted by molar-refractivity contribution is -0.688. The molecule has 2 heterocycles. The molecule has 0 amide bonds. The number of carbonyl (C=O) groups is 1. The van der Waals surface area contributed by atoms with E-state index in [1.807, 2.05) is 79.3 Å². The minimum atomic E-state index is -0.299. The number of hydrogen-bond acceptors (Lipinski definition) is 4. The number of aliphatic imine (C=N–C) groups is 1. The van der Waals surface area contributed by atoms with Crippen molar-refractivity contribution in [2.75, 3.05) is 7.11 Å². The van der Waals surface area contributed by atoms with Gasteiger partial charge in [-0.2, -0.15) is 0 Å². The average Bonchev–Trinajstić information content (AvgIpc) is 3.25. The Hall–Kier alpha value is -3.31. The van der Waals surface area contributed by atoms with Gasteiger partial charge in [0.05, 0.1) is 7.11 Å². The molecule has 0 spiro atoms. The van der Waals surface area contributed by atoms with E-state index < -0.39 is 0 Å². The highest BCUT2D eigenvalue weighted by Gasteiger charge is 2.24. The third-order valence-corrected chi connectivity index (χ3v) is 4.98. The minimum absolute atomic E-state index is 0.0799. The molecule has 146 valence electrons. The maximum Gasteiger partial charge on any atom is 0.175 e. The van der Waals surface area contributed by atoms with Crippen molar-refractivity contribution in [2.45, 2.75) is 25.8 Å². The van der Waals surface area contributed by atoms with Gasteiger partial charge < -0.3 is 9.47 Å². The summed E-state index contributed by atoms with van der Waals surface area (Å²) in [5, 5.41) is 0. The van der Waals surface area contributed by atoms with Gasteiger partial charge in [-0.3, -0.25) is 9.79 Å². The number of carbonyl (C=O) groups excluding carboxylic acids is 1. The normalized spacial score (nSPS) is 18.0. The molecule has 2 atom stereocenters. The Kier molecular flexibility index (Phi) is 5.49. The zero-order chi connectivity index (χ0) is 20.2. The fourth-order valence-electron chi connectivity index (χ4n) is 3.33. The van der Waals surface area contributed by atoms with Crippen LogP contribution in [0.25, 0.3) is 0 Å². The van der Waals surface area contributed by atoms with Gasteiger partial charge in [0.1, 0.15) is 11.9 Å². The van der Waals surface area contributed by atoms with Gasteiger partial charge in [-0.1, -0.05) is 30.3 Å². The Morgan fingerprint density at radius 3 is 2.52 bits per heavy atom. The molecule has 1 aliphatic heterocycles. The van der Waals surface area contributed by atoms with E-state index in [4.69, 9.17) is 9.47 Å². The van der Waals surface area contributed by atoms with Crippen LogP contribution in [0.15, 0.2) is 78.0 Å². The molecule has 0 N–H and O–H groups in total. The molecule has 3 aromatic rings. The molecule has 0 fully saturated rings. The first-order chi connectivity index (χ1) is 14.1. The van der Waals surface area contributed by atoms with Crippen molar-refractivity contribution in [3.05, 3.63) is 95.3 Å². The lowest BCUT2D eigenvalue weighted by Crippen LogP contribution is -2.33. The summed E-state index contributed by atoms with van der Waals surface area (Å²) in [6, 6.07) is 19.6. The topological polar surface area (TPSA) is 51.8 Å². The van der Waals surface area contributed by atoms with Gasteiger partial charge in [0.15, 0.2) is 30.9 Å². The summed E-state index contributed by atoms with van der Waals surface area (Å²) >= 11 is 0. The monoisotopic (exact) mass is 387 g/mol. The smallest absolute Gasteiger partial charge is 0.175 e. The van der Waals surface area contributed by atoms with E-state index in [1.165, 1.54) is 0 Å². The van der Waals surface area contributed by atoms with Crippen molar-refractivity contribution >= 4 is 12.0 Å². The zero-order valence-corrected chi connectivity index (χ0v) is 16.5. The van der Waals surface area contributed by atoms with Gasteiger partial charge in [0.2, 0.25) is 0 Å². The molecule has 2 unspecified atom stereocenters. The Balaban J connectivity index is 1.41. The first-order valence-corrected chi connectivity index (χ1v) is 9.54. The van der Waals surface area contributed by atoms with Crippen LogP contribution in [-0.2, 0) is 11.3 Å². The molecule has 1 aromatic heterocycles. The Bertz CT molecular complexity index is 1030. The van der Waals surface area contributed by atoms with Crippen molar-refractivity contribution in [1.82, 2.24) is 0 Å². The van der Waals surface area contributed by atoms with Crippen LogP contribution >= 0.6 is 0 Å². The summed E-state index contributed by atoms with van der Waals surface area (Å²) in [6.07, 6.45) is 5.43. The second-order valence-corrected chi connectivity index (χ2v) is 7.04. The van der Waals surface area contributed by atoms with Crippen LogP contribution in [0.4, 0.5) is 0 Å². The van der Waals surface area contributed by atoms with E-state index in [9.17, 15) is 4.79 Å². The fourth-order valence-corrected chi connectivity index (χ4v) is 3.33. The fraction of sp³-hybridized carbons (Fsp3) is 0.208. The van der Waals surface area contributed by atoms with Crippen LogP contribution in [0.2, 0.25) is 0 Å². The number of nitrogens with zero attached hydrogens (tertiary/aromatic N) is 2. The lowest BCUT2D eigenvalue weighted by Gasteiger charge is -2.13. The van der Waals surface area contributed by atoms with Gasteiger partial charge in [-0.05, 0) is 30.7 Å². The van der Waals surface area contributed by atoms with Gasteiger partial charge in [0.25, 0.3) is 0 Å². The summed E-state index contributed by atoms with van der Waals surface area (Å²) < 4.78 is 13.4. The number of ketones is 1. The summed E-state index contributed by atoms with van der Waals surface area (Å²) in [5.74, 6) is 0.894. The maximum atomic E-state index is 11.6. The van der Waals surface area contributed by atoms with E-state index in [-0.39, 0.29) is 18.1 Å². The standard InChI is InChI=1S/C24H23N2O3/c1-17(27)21-5-3-4-18(14-21)16-26-12-10-19(11-13-26)23-15-25-24(29-23)20-6-8-22(28-2)9-7-20/h3-15,23-24H,16H2,1-2H3/q+1. The second-order valence-electron chi connectivity index (χ2n) is 7.04. The predicted molar refractivity (Wildman–Crippen MR) is 110 cm³/mol. The highest BCUT2D eigenvalue weighted by Crippen LogP contribution is 2.32. The van der Waals surface area contributed by atoms with Crippen molar-refractivity contribution in [3.63, 3.8) is 0 Å². The number of aromatic nitrogens is 1. The Morgan fingerprint density at radius 1 is 1.07 bits per heavy atom. The molecule has 5 nitrogen and oxygen atoms in total. The average molecular weight is 387 g/mol. The van der Waals surface area contributed by atoms with E-state index >= 15 is 0 Å². The number of ether oxygens (including phenoxy) is 2. The third-order valence-electron chi connectivity index (χ3n) is 4.98. The molecule has 2 aromatic carbocycles. The number of Topliss-reactive ketones (excluding diaryl/α,β-unsaturated/α-hetero) is 1. The summed E-state index contributed by atoms with van der Waals surface area (Å²) in [4.78, 5) is 16.1. The molecule has 0 saturated carbocycles. The van der Waals surface area contributed by atoms with Crippen LogP contribution in [0, 0.1) is 0 Å². The SMILES string of the molecule is COc1ccc(C2N=CC(c3cc[n+](Cc4cccc(C(C)=O)c4)cc3)O2)cc1. The number of rotatable bonds is 6. The first-order valence-electron chi connectivity index (χ1n) is 9.54. The van der Waals surface area contributed by atoms with E-state index in [0.717, 1.165) is 28.0 Å². The minimum Gasteiger partial charge on any atom is -0.497 e. The summed E-state index contributed by atoms with van der Waals surface area (Å²) in [7, 11) is 1.65. The predicted octanol–water partition coefficient (Wildman–Crippen LogP) is 4.07. The molecule has 4 rings (SSSR count). The van der Waals surface area contributed by atoms with Crippen molar-refractivity contribution in [2.24, 2.45) is 4.99 Å². The van der Waals surface area contributed by atoms with Crippen molar-refractivity contribution in [3.8, 4) is 5.75 Å². The van der Waals surface area contributed by atoms with E-state index in [0.29, 0.717) is 6.54 Å². The molecule has 0 saturated heterocycles. The summed E-state index contributed by atoms with van der Waals surface area (Å²) in [6.45, 7) is 2.29. The molecule has 0 radical (unpaired) electrons. The molecular formula is C24H23N2O3+. The third kappa shape index (κ3) is 4.41. The number of hydrogen-bond donors (Lipinski definition) is 0. The van der Waals surface area contributed by atoms with Crippen molar-refractivity contribution < 1.29 is 18.8 Å². The molecule has 1 aliphatic rings. The Labute approximate surface area is 170 Å². The molecule has 29 heavy (non-hydrogen) atoms. The number of pyridine rings is 1. The van der Waals surface area contributed by atoms with Crippen molar-refractivity contribution in [1.29, 1.82) is 0 Å². The van der Waals surface area contributed by atoms with Crippen LogP contribution < -0.4 is 9.30 Å². The van der Waals surface area contributed by atoms with Gasteiger partial charge in [-0.25, -0.2) is 4.57 Å². The van der Waals surface area contributed by atoms with Crippen LogP contribution in [0.5, 0.6) is 5.75 Å². The van der Waals surface area contributed by atoms with E-state index in [1.54, 1.807) is 14.0 Å². The number of methoxy groups -OCH3 is 1. The van der Waals surface area contributed by atoms with Crippen LogP contribution in [0.1, 0.15) is 46.3 Å². The quantitative estimate of drug-likeness (QED) is 0.473. The zero-order valence-electron chi connectivity index (χ0n) is 16.5. The first kappa shape index (κ1) is 19.0. The maximum absolute atomic E-state index is 11.6. The molecule has 0 bridgehead atoms. The van der Waals surface area contributed by atoms with E-state index in [2.05, 4.69) is 9.56 Å². The Morgan fingerprint density at radius 2 is 1.83 bits per heavy atom. The van der Waals surface area contributed by atoms with Crippen LogP contribution in [-0.4, -0.2) is 19.1 Å². The lowest BCUT2D eigenvalue weighted by atomic mass is 10.1.